The standard InChI is InChI=1S/C19H35N3O.C11H9F5N2O3/c1-4-5-6-7-8-9-10-11-14-20-19(3,15-17-12-13-17)18-21-16(2)23-22-18;12-10(13)3-18(4-10)7-2-17-6(9(19)20)1-8(7)21-5-11(14,15)16/h17,20H,4-15H2,1-3H3;1-2H,3-5H2,(H,19,20). The first kappa shape index (κ1) is 35.4. The molecule has 2 aromatic rings. The van der Waals surface area contributed by atoms with Gasteiger partial charge in [-0.3, -0.25) is 0 Å². The van der Waals surface area contributed by atoms with E-state index in [1.54, 1.807) is 0 Å². The lowest BCUT2D eigenvalue weighted by molar-refractivity contribution is -0.153. The van der Waals surface area contributed by atoms with Crippen molar-refractivity contribution in [2.45, 2.75) is 109 Å². The third-order valence-corrected chi connectivity index (χ3v) is 7.60. The van der Waals surface area contributed by atoms with E-state index in [1.165, 1.54) is 64.2 Å². The zero-order valence-corrected chi connectivity index (χ0v) is 25.7. The van der Waals surface area contributed by atoms with Gasteiger partial charge in [0.1, 0.15) is 5.75 Å². The Labute approximate surface area is 254 Å². The van der Waals surface area contributed by atoms with Gasteiger partial charge in [-0.25, -0.2) is 18.6 Å². The molecule has 1 saturated heterocycles. The summed E-state index contributed by atoms with van der Waals surface area (Å²) in [6.07, 6.45) is 11.0. The highest BCUT2D eigenvalue weighted by molar-refractivity contribution is 5.86. The summed E-state index contributed by atoms with van der Waals surface area (Å²) >= 11 is 0. The number of nitrogens with zero attached hydrogens (tertiary/aromatic N) is 4. The van der Waals surface area contributed by atoms with E-state index in [0.29, 0.717) is 5.89 Å². The van der Waals surface area contributed by atoms with Crippen molar-refractivity contribution in [1.29, 1.82) is 0 Å². The van der Waals surface area contributed by atoms with Crippen LogP contribution >= 0.6 is 0 Å². The number of alkyl halides is 5. The fraction of sp³-hybridized carbons (Fsp3) is 0.733. The third kappa shape index (κ3) is 11.8. The lowest BCUT2D eigenvalue weighted by Crippen LogP contribution is -2.56. The van der Waals surface area contributed by atoms with Crippen LogP contribution < -0.4 is 15.0 Å². The molecular weight excluding hydrogens is 589 g/mol. The maximum absolute atomic E-state index is 12.8. The first-order valence-corrected chi connectivity index (χ1v) is 15.3. The number of carbonyl (C=O) groups is 1. The van der Waals surface area contributed by atoms with E-state index in [2.05, 4.69) is 39.0 Å². The SMILES string of the molecule is CCCCCCCCCCNC(C)(CC1CC1)c1noc(C)n1.O=C(O)c1cc(OCC(F)(F)F)c(N2CC(F)(F)C2)cn1. The van der Waals surface area contributed by atoms with Crippen molar-refractivity contribution in [3.63, 3.8) is 0 Å². The van der Waals surface area contributed by atoms with Crippen molar-refractivity contribution in [2.75, 3.05) is 31.1 Å². The van der Waals surface area contributed by atoms with Crippen molar-refractivity contribution in [1.82, 2.24) is 20.4 Å². The molecule has 0 spiro atoms. The van der Waals surface area contributed by atoms with Crippen molar-refractivity contribution in [3.8, 4) is 5.75 Å². The maximum Gasteiger partial charge on any atom is 0.422 e. The molecule has 1 aliphatic heterocycles. The van der Waals surface area contributed by atoms with Crippen LogP contribution in [0.5, 0.6) is 5.75 Å². The van der Waals surface area contributed by atoms with Gasteiger partial charge in [0, 0.05) is 13.0 Å². The van der Waals surface area contributed by atoms with Gasteiger partial charge >= 0.3 is 12.1 Å². The lowest BCUT2D eigenvalue weighted by Gasteiger charge is -2.40. The van der Waals surface area contributed by atoms with Crippen LogP contribution in [-0.4, -0.2) is 64.5 Å². The highest BCUT2D eigenvalue weighted by Gasteiger charge is 2.45. The van der Waals surface area contributed by atoms with E-state index < -0.39 is 49.2 Å². The molecule has 2 fully saturated rings. The van der Waals surface area contributed by atoms with Gasteiger partial charge in [0.15, 0.2) is 18.1 Å². The number of nitrogens with one attached hydrogen (secondary N) is 1. The molecule has 1 atom stereocenters. The summed E-state index contributed by atoms with van der Waals surface area (Å²) < 4.78 is 71.8. The summed E-state index contributed by atoms with van der Waals surface area (Å²) in [5.74, 6) is -2.52. The van der Waals surface area contributed by atoms with Crippen LogP contribution in [0.3, 0.4) is 0 Å². The first-order valence-electron chi connectivity index (χ1n) is 15.3. The number of pyridine rings is 1. The average Bonchev–Trinajstić information content (AvgIpc) is 3.63. The summed E-state index contributed by atoms with van der Waals surface area (Å²) in [6.45, 7) is 4.38. The second kappa shape index (κ2) is 15.8. The molecule has 3 heterocycles. The minimum absolute atomic E-state index is 0.102. The van der Waals surface area contributed by atoms with Crippen LogP contribution in [0, 0.1) is 12.8 Å². The van der Waals surface area contributed by atoms with Gasteiger partial charge in [-0.15, -0.1) is 0 Å². The normalized spacial score (nSPS) is 17.3. The van der Waals surface area contributed by atoms with Gasteiger partial charge < -0.3 is 24.6 Å². The molecular formula is C30H44F5N5O4. The Morgan fingerprint density at radius 2 is 1.77 bits per heavy atom. The largest absolute Gasteiger partial charge is 0.482 e. The molecule has 1 aliphatic carbocycles. The number of aryl methyl sites for hydroxylation is 1. The predicted molar refractivity (Wildman–Crippen MR) is 154 cm³/mol. The highest BCUT2D eigenvalue weighted by Crippen LogP contribution is 2.40. The number of unbranched alkanes of at least 4 members (excludes halogenated alkanes) is 7. The molecule has 0 bridgehead atoms. The number of hydrogen-bond donors (Lipinski definition) is 2. The van der Waals surface area contributed by atoms with E-state index >= 15 is 0 Å². The minimum atomic E-state index is -4.64. The van der Waals surface area contributed by atoms with Gasteiger partial charge in [-0.1, -0.05) is 69.9 Å². The van der Waals surface area contributed by atoms with E-state index in [-0.39, 0.29) is 11.2 Å². The summed E-state index contributed by atoms with van der Waals surface area (Å²) in [7, 11) is 0. The molecule has 14 heteroatoms. The number of ether oxygens (including phenoxy) is 1. The van der Waals surface area contributed by atoms with Crippen molar-refractivity contribution in [2.24, 2.45) is 5.92 Å². The summed E-state index contributed by atoms with van der Waals surface area (Å²) in [4.78, 5) is 19.8. The van der Waals surface area contributed by atoms with Crippen LogP contribution in [0.1, 0.15) is 107 Å². The minimum Gasteiger partial charge on any atom is -0.482 e. The molecule has 0 radical (unpaired) electrons. The van der Waals surface area contributed by atoms with Crippen LogP contribution in [-0.2, 0) is 5.54 Å². The molecule has 0 amide bonds. The fourth-order valence-corrected chi connectivity index (χ4v) is 5.03. The van der Waals surface area contributed by atoms with Crippen LogP contribution in [0.4, 0.5) is 27.6 Å². The molecule has 4 rings (SSSR count). The Balaban J connectivity index is 0.000000241. The zero-order chi connectivity index (χ0) is 32.4. The van der Waals surface area contributed by atoms with Gasteiger partial charge in [0.2, 0.25) is 5.89 Å². The Morgan fingerprint density at radius 3 is 2.30 bits per heavy atom. The molecule has 9 nitrogen and oxygen atoms in total. The fourth-order valence-electron chi connectivity index (χ4n) is 5.03. The Bertz CT molecular complexity index is 1180. The topological polar surface area (TPSA) is 114 Å². The van der Waals surface area contributed by atoms with Crippen LogP contribution in [0.2, 0.25) is 0 Å². The number of carboxylic acid groups (broad SMARTS) is 1. The highest BCUT2D eigenvalue weighted by atomic mass is 19.4. The van der Waals surface area contributed by atoms with Crippen molar-refractivity contribution < 1.29 is 41.1 Å². The molecule has 2 aliphatic rings. The van der Waals surface area contributed by atoms with Gasteiger partial charge in [0.05, 0.1) is 30.5 Å². The van der Waals surface area contributed by atoms with Gasteiger partial charge in [-0.2, -0.15) is 18.2 Å². The summed E-state index contributed by atoms with van der Waals surface area (Å²) in [6, 6.07) is 0.778. The third-order valence-electron chi connectivity index (χ3n) is 7.60. The Kier molecular flexibility index (Phi) is 12.7. The first-order chi connectivity index (χ1) is 20.7. The van der Waals surface area contributed by atoms with Crippen molar-refractivity contribution in [3.05, 3.63) is 29.7 Å². The number of aromatic carboxylic acids is 1. The molecule has 248 valence electrons. The summed E-state index contributed by atoms with van der Waals surface area (Å²) in [5, 5.41) is 16.6. The molecule has 44 heavy (non-hydrogen) atoms. The average molecular weight is 634 g/mol. The molecule has 0 aromatic carbocycles. The smallest absolute Gasteiger partial charge is 0.422 e. The van der Waals surface area contributed by atoms with E-state index in [1.807, 2.05) is 6.92 Å². The molecule has 1 saturated carbocycles. The number of halogens is 5. The van der Waals surface area contributed by atoms with Gasteiger partial charge in [-0.05, 0) is 32.2 Å². The predicted octanol–water partition coefficient (Wildman–Crippen LogP) is 7.30. The number of rotatable bonds is 17. The lowest BCUT2D eigenvalue weighted by atomic mass is 9.93. The Hall–Kier alpha value is -3.03. The van der Waals surface area contributed by atoms with E-state index in [9.17, 15) is 26.7 Å². The second-order valence-corrected chi connectivity index (χ2v) is 12.0. The van der Waals surface area contributed by atoms with Crippen LogP contribution in [0.15, 0.2) is 16.8 Å². The molecule has 1 unspecified atom stereocenters. The zero-order valence-electron chi connectivity index (χ0n) is 25.7. The molecule has 2 aromatic heterocycles. The number of carboxylic acids is 1. The summed E-state index contributed by atoms with van der Waals surface area (Å²) in [5.41, 5.74) is -0.765. The number of hydrogen-bond acceptors (Lipinski definition) is 8. The van der Waals surface area contributed by atoms with E-state index in [0.717, 1.165) is 41.9 Å². The Morgan fingerprint density at radius 1 is 1.14 bits per heavy atom. The maximum atomic E-state index is 12.8. The molecule has 2 N–H and O–H groups in total. The monoisotopic (exact) mass is 633 g/mol. The van der Waals surface area contributed by atoms with Crippen molar-refractivity contribution >= 4 is 11.7 Å². The number of anilines is 1. The van der Waals surface area contributed by atoms with Gasteiger partial charge in [0.25, 0.3) is 5.92 Å². The van der Waals surface area contributed by atoms with Crippen LogP contribution in [0.25, 0.3) is 0 Å². The van der Waals surface area contributed by atoms with E-state index in [4.69, 9.17) is 9.63 Å². The second-order valence-electron chi connectivity index (χ2n) is 12.0. The quantitative estimate of drug-likeness (QED) is 0.137. The number of aromatic nitrogens is 3.